The third kappa shape index (κ3) is 27.1. The third-order valence-corrected chi connectivity index (χ3v) is 8.31. The summed E-state index contributed by atoms with van der Waals surface area (Å²) in [5, 5.41) is 0. The van der Waals surface area contributed by atoms with E-state index in [1.807, 2.05) is 0 Å². The summed E-state index contributed by atoms with van der Waals surface area (Å²) in [4.78, 5) is 12.0. The van der Waals surface area contributed by atoms with E-state index in [4.69, 9.17) is 9.05 Å². The second kappa shape index (κ2) is 25.4. The van der Waals surface area contributed by atoms with E-state index in [9.17, 15) is 9.46 Å². The number of likely N-dealkylation sites (N-methyl/N-ethyl adjacent to an activating group) is 1. The molecule has 0 aliphatic carbocycles. The predicted octanol–water partition coefficient (Wildman–Crippen LogP) is 9.19. The number of quaternary nitrogens is 1. The largest absolute Gasteiger partial charge is 0.756 e. The normalized spacial score (nSPS) is 13.8. The number of hydrogen-bond donors (Lipinski definition) is 0. The van der Waals surface area contributed by atoms with Crippen molar-refractivity contribution in [3.63, 3.8) is 0 Å². The highest BCUT2D eigenvalue weighted by Gasteiger charge is 2.17. The van der Waals surface area contributed by atoms with Crippen LogP contribution in [0.15, 0.2) is 0 Å². The summed E-state index contributed by atoms with van der Waals surface area (Å²) < 4.78 is 23.0. The van der Waals surface area contributed by atoms with E-state index >= 15 is 0 Å². The summed E-state index contributed by atoms with van der Waals surface area (Å²) in [6.07, 6.45) is 28.5. The molecule has 1 unspecified atom stereocenters. The van der Waals surface area contributed by atoms with Crippen LogP contribution in [0.3, 0.4) is 0 Å². The summed E-state index contributed by atoms with van der Waals surface area (Å²) in [6.45, 7) is 6.69. The van der Waals surface area contributed by atoms with Gasteiger partial charge in [0.2, 0.25) is 0 Å². The van der Waals surface area contributed by atoms with Crippen molar-refractivity contribution in [3.05, 3.63) is 0 Å². The van der Waals surface area contributed by atoms with Gasteiger partial charge < -0.3 is 18.4 Å². The fourth-order valence-corrected chi connectivity index (χ4v) is 5.43. The zero-order valence-electron chi connectivity index (χ0n) is 24.9. The molecule has 0 aromatic heterocycles. The second-order valence-electron chi connectivity index (χ2n) is 11.6. The highest BCUT2D eigenvalue weighted by atomic mass is 31.2. The molecule has 0 fully saturated rings. The molecule has 6 heteroatoms. The fourth-order valence-electron chi connectivity index (χ4n) is 4.70. The lowest BCUT2D eigenvalue weighted by molar-refractivity contribution is -0.890. The van der Waals surface area contributed by atoms with Gasteiger partial charge in [0.25, 0.3) is 7.82 Å². The minimum atomic E-state index is -4.17. The first-order chi connectivity index (χ1) is 17.3. The molecule has 1 atom stereocenters. The lowest BCUT2D eigenvalue weighted by Gasteiger charge is -2.31. The first kappa shape index (κ1) is 36.1. The summed E-state index contributed by atoms with van der Waals surface area (Å²) in [7, 11) is 0.110. The zero-order valence-corrected chi connectivity index (χ0v) is 25.8. The maximum absolute atomic E-state index is 12.0. The van der Waals surface area contributed by atoms with Crippen LogP contribution >= 0.6 is 7.82 Å². The van der Waals surface area contributed by atoms with Gasteiger partial charge in [-0.05, 0) is 19.3 Å². The lowest BCUT2D eigenvalue weighted by Crippen LogP contribution is -2.43. The van der Waals surface area contributed by atoms with Crippen molar-refractivity contribution in [1.29, 1.82) is 0 Å². The van der Waals surface area contributed by atoms with Crippen LogP contribution in [0.4, 0.5) is 0 Å². The van der Waals surface area contributed by atoms with Gasteiger partial charge in [0.1, 0.15) is 13.2 Å². The van der Waals surface area contributed by atoms with Gasteiger partial charge in [0, 0.05) is 0 Å². The Morgan fingerprint density at radius 1 is 0.500 bits per heavy atom. The van der Waals surface area contributed by atoms with Gasteiger partial charge in [-0.25, -0.2) is 0 Å². The Morgan fingerprint density at radius 2 is 0.833 bits per heavy atom. The maximum atomic E-state index is 12.0. The third-order valence-electron chi connectivity index (χ3n) is 7.31. The number of hydrogen-bond acceptors (Lipinski definition) is 4. The van der Waals surface area contributed by atoms with Gasteiger partial charge in [-0.3, -0.25) is 4.57 Å². The molecular formula is C30H64NO4P. The average molecular weight is 534 g/mol. The number of nitrogens with zero attached hydrogens (tertiary/aromatic N) is 1. The molecule has 0 aromatic carbocycles. The van der Waals surface area contributed by atoms with Crippen LogP contribution in [-0.2, 0) is 13.6 Å². The highest BCUT2D eigenvalue weighted by molar-refractivity contribution is 7.45. The quantitative estimate of drug-likeness (QED) is 0.0546. The number of phosphoric acid groups is 1. The van der Waals surface area contributed by atoms with Crippen LogP contribution in [0.1, 0.15) is 155 Å². The Labute approximate surface area is 226 Å². The standard InChI is InChI=1S/C30H64NO4P/c1-5-7-9-11-13-14-15-16-17-18-19-20-21-22-24-26-29-34-36(32,33)35-30-28-31(3,4)27-25-23-12-10-8-6-2/h5-30H2,1-4H3. The minimum Gasteiger partial charge on any atom is -0.756 e. The molecule has 0 aliphatic heterocycles. The van der Waals surface area contributed by atoms with Crippen molar-refractivity contribution in [2.45, 2.75) is 155 Å². The van der Waals surface area contributed by atoms with Gasteiger partial charge in [-0.1, -0.05) is 136 Å². The van der Waals surface area contributed by atoms with Crippen molar-refractivity contribution < 1.29 is 23.0 Å². The van der Waals surface area contributed by atoms with Gasteiger partial charge >= 0.3 is 0 Å². The Hall–Kier alpha value is 0.0700. The van der Waals surface area contributed by atoms with E-state index in [-0.39, 0.29) is 13.2 Å². The van der Waals surface area contributed by atoms with Gasteiger partial charge in [0.05, 0.1) is 27.2 Å². The molecule has 0 N–H and O–H groups in total. The van der Waals surface area contributed by atoms with Crippen molar-refractivity contribution in [3.8, 4) is 0 Å². The smallest absolute Gasteiger partial charge is 0.268 e. The molecule has 218 valence electrons. The SMILES string of the molecule is CCCCCCCCCCCCCCCCCCOP(=O)([O-])OCC[N+](C)(C)CCCCCCCC. The van der Waals surface area contributed by atoms with E-state index in [0.29, 0.717) is 6.54 Å². The lowest BCUT2D eigenvalue weighted by atomic mass is 10.0. The molecule has 0 aromatic rings. The minimum absolute atomic E-state index is 0.197. The monoisotopic (exact) mass is 533 g/mol. The van der Waals surface area contributed by atoms with E-state index in [1.54, 1.807) is 0 Å². The summed E-state index contributed by atoms with van der Waals surface area (Å²) in [5.74, 6) is 0. The summed E-state index contributed by atoms with van der Waals surface area (Å²) in [5.41, 5.74) is 0. The second-order valence-corrected chi connectivity index (χ2v) is 13.0. The van der Waals surface area contributed by atoms with Gasteiger partial charge in [-0.2, -0.15) is 0 Å². The molecule has 0 aliphatic rings. The van der Waals surface area contributed by atoms with Crippen molar-refractivity contribution >= 4 is 7.82 Å². The van der Waals surface area contributed by atoms with E-state index in [2.05, 4.69) is 27.9 Å². The van der Waals surface area contributed by atoms with Crippen LogP contribution < -0.4 is 4.89 Å². The van der Waals surface area contributed by atoms with E-state index in [1.165, 1.54) is 122 Å². The van der Waals surface area contributed by atoms with Crippen molar-refractivity contribution in [1.82, 2.24) is 0 Å². The molecule has 0 saturated heterocycles. The van der Waals surface area contributed by atoms with Gasteiger partial charge in [0.15, 0.2) is 0 Å². The highest BCUT2D eigenvalue weighted by Crippen LogP contribution is 2.38. The first-order valence-corrected chi connectivity index (χ1v) is 17.2. The number of rotatable bonds is 29. The number of phosphoric ester groups is 1. The van der Waals surface area contributed by atoms with Crippen LogP contribution in [0.25, 0.3) is 0 Å². The molecular weight excluding hydrogens is 469 g/mol. The average Bonchev–Trinajstić information content (AvgIpc) is 2.83. The van der Waals surface area contributed by atoms with Crippen LogP contribution in [0, 0.1) is 0 Å². The Bertz CT molecular complexity index is 501. The molecule has 0 bridgehead atoms. The van der Waals surface area contributed by atoms with E-state index in [0.717, 1.165) is 30.3 Å². The molecule has 36 heavy (non-hydrogen) atoms. The van der Waals surface area contributed by atoms with Crippen LogP contribution in [0.2, 0.25) is 0 Å². The Kier molecular flexibility index (Phi) is 25.4. The maximum Gasteiger partial charge on any atom is 0.268 e. The first-order valence-electron chi connectivity index (χ1n) is 15.7. The molecule has 5 nitrogen and oxygen atoms in total. The number of unbranched alkanes of at least 4 members (excludes halogenated alkanes) is 20. The fraction of sp³-hybridized carbons (Fsp3) is 1.00. The molecule has 0 rings (SSSR count). The molecule has 0 radical (unpaired) electrons. The van der Waals surface area contributed by atoms with Crippen LogP contribution in [-0.4, -0.2) is 44.9 Å². The van der Waals surface area contributed by atoms with Crippen molar-refractivity contribution in [2.24, 2.45) is 0 Å². The molecule has 0 amide bonds. The predicted molar refractivity (Wildman–Crippen MR) is 154 cm³/mol. The molecule has 0 heterocycles. The van der Waals surface area contributed by atoms with Gasteiger partial charge in [-0.15, -0.1) is 0 Å². The van der Waals surface area contributed by atoms with Crippen LogP contribution in [0.5, 0.6) is 0 Å². The molecule has 0 saturated carbocycles. The topological polar surface area (TPSA) is 58.6 Å². The Balaban J connectivity index is 3.49. The summed E-state index contributed by atoms with van der Waals surface area (Å²) in [6, 6.07) is 0. The molecule has 0 spiro atoms. The van der Waals surface area contributed by atoms with Crippen molar-refractivity contribution in [2.75, 3.05) is 40.4 Å². The van der Waals surface area contributed by atoms with E-state index < -0.39 is 7.82 Å². The Morgan fingerprint density at radius 3 is 1.25 bits per heavy atom. The zero-order chi connectivity index (χ0) is 26.8. The summed E-state index contributed by atoms with van der Waals surface area (Å²) >= 11 is 0.